The lowest BCUT2D eigenvalue weighted by Gasteiger charge is -2.42. The molecule has 0 aliphatic rings. The van der Waals surface area contributed by atoms with Crippen molar-refractivity contribution in [3.05, 3.63) is 48.0 Å². The van der Waals surface area contributed by atoms with E-state index in [1.165, 1.54) is 0 Å². The highest BCUT2D eigenvalue weighted by Gasteiger charge is 2.45. The number of amides is 1. The molecule has 0 aliphatic carbocycles. The first-order chi connectivity index (χ1) is 14.1. The molecular weight excluding hydrogens is 390 g/mol. The number of hydrogen-bond donors (Lipinski definition) is 1. The van der Waals surface area contributed by atoms with Gasteiger partial charge in [0, 0.05) is 19.1 Å². The van der Waals surface area contributed by atoms with Gasteiger partial charge >= 0.3 is 6.09 Å². The van der Waals surface area contributed by atoms with Crippen LogP contribution in [-0.2, 0) is 15.8 Å². The summed E-state index contributed by atoms with van der Waals surface area (Å²) in [6.45, 7) is 19.5. The lowest BCUT2D eigenvalue weighted by atomic mass is 10.1. The van der Waals surface area contributed by atoms with E-state index in [-0.39, 0.29) is 18.6 Å². The Morgan fingerprint density at radius 1 is 0.933 bits per heavy atom. The summed E-state index contributed by atoms with van der Waals surface area (Å²) in [7, 11) is -1.94. The highest BCUT2D eigenvalue weighted by molar-refractivity contribution is 6.77. The van der Waals surface area contributed by atoms with E-state index < -0.39 is 8.32 Å². The SMILES string of the molecule is CC(C)/C=C/[C@H](CNC(=O)OCc1ccccc1)CO[Si](C(C)C)(C(C)C)C(C)C. The van der Waals surface area contributed by atoms with Gasteiger partial charge in [0.25, 0.3) is 0 Å². The third-order valence-corrected chi connectivity index (χ3v) is 11.8. The average molecular weight is 434 g/mol. The fourth-order valence-corrected chi connectivity index (χ4v) is 9.80. The Morgan fingerprint density at radius 2 is 1.50 bits per heavy atom. The van der Waals surface area contributed by atoms with Crippen molar-refractivity contribution in [2.45, 2.75) is 78.6 Å². The Hall–Kier alpha value is -1.59. The molecule has 0 aromatic heterocycles. The van der Waals surface area contributed by atoms with Crippen molar-refractivity contribution in [1.29, 1.82) is 0 Å². The zero-order valence-electron chi connectivity index (χ0n) is 20.3. The van der Waals surface area contributed by atoms with Gasteiger partial charge in [-0.15, -0.1) is 0 Å². The molecule has 1 aromatic carbocycles. The zero-order valence-corrected chi connectivity index (χ0v) is 21.3. The van der Waals surface area contributed by atoms with Gasteiger partial charge in [-0.3, -0.25) is 0 Å². The minimum absolute atomic E-state index is 0.125. The van der Waals surface area contributed by atoms with Gasteiger partial charge < -0.3 is 14.5 Å². The number of ether oxygens (including phenoxy) is 1. The van der Waals surface area contributed by atoms with Gasteiger partial charge in [0.05, 0.1) is 0 Å². The van der Waals surface area contributed by atoms with Gasteiger partial charge in [0.15, 0.2) is 8.32 Å². The molecule has 1 rings (SSSR count). The molecule has 4 nitrogen and oxygen atoms in total. The van der Waals surface area contributed by atoms with Crippen LogP contribution in [-0.4, -0.2) is 27.6 Å². The number of carbonyl (C=O) groups is 1. The van der Waals surface area contributed by atoms with Crippen molar-refractivity contribution in [3.63, 3.8) is 0 Å². The Kier molecular flexibility index (Phi) is 11.4. The second-order valence-corrected chi connectivity index (χ2v) is 14.9. The van der Waals surface area contributed by atoms with Crippen LogP contribution in [0.1, 0.15) is 61.0 Å². The van der Waals surface area contributed by atoms with Crippen LogP contribution < -0.4 is 5.32 Å². The summed E-state index contributed by atoms with van der Waals surface area (Å²) in [6.07, 6.45) is 3.98. The number of allylic oxidation sites excluding steroid dienone is 1. The number of carbonyl (C=O) groups excluding carboxylic acids is 1. The molecule has 1 atom stereocenters. The molecule has 0 bridgehead atoms. The number of rotatable bonds is 12. The second-order valence-electron chi connectivity index (χ2n) is 9.46. The minimum Gasteiger partial charge on any atom is -0.445 e. The Balaban J connectivity index is 2.73. The third kappa shape index (κ3) is 8.27. The van der Waals surface area contributed by atoms with E-state index in [0.29, 0.717) is 35.7 Å². The topological polar surface area (TPSA) is 47.6 Å². The number of nitrogens with one attached hydrogen (secondary N) is 1. The summed E-state index contributed by atoms with van der Waals surface area (Å²) in [5, 5.41) is 2.92. The third-order valence-electron chi connectivity index (χ3n) is 5.74. The molecule has 1 aromatic rings. The molecule has 1 N–H and O–H groups in total. The Morgan fingerprint density at radius 3 is 2.00 bits per heavy atom. The van der Waals surface area contributed by atoms with Crippen molar-refractivity contribution in [3.8, 4) is 0 Å². The molecule has 1 amide bonds. The van der Waals surface area contributed by atoms with Crippen LogP contribution in [0.2, 0.25) is 16.6 Å². The molecule has 0 heterocycles. The minimum atomic E-state index is -1.94. The van der Waals surface area contributed by atoms with E-state index in [0.717, 1.165) is 5.56 Å². The predicted octanol–water partition coefficient (Wildman–Crippen LogP) is 6.93. The predicted molar refractivity (Wildman–Crippen MR) is 129 cm³/mol. The molecule has 0 saturated heterocycles. The van der Waals surface area contributed by atoms with E-state index in [1.807, 2.05) is 30.3 Å². The van der Waals surface area contributed by atoms with Crippen molar-refractivity contribution >= 4 is 14.4 Å². The number of alkyl carbamates (subject to hydrolysis) is 1. The molecule has 5 heteroatoms. The van der Waals surface area contributed by atoms with Crippen molar-refractivity contribution in [2.75, 3.05) is 13.2 Å². The van der Waals surface area contributed by atoms with E-state index in [9.17, 15) is 4.79 Å². The maximum absolute atomic E-state index is 12.2. The fourth-order valence-electron chi connectivity index (χ4n) is 4.30. The average Bonchev–Trinajstić information content (AvgIpc) is 2.68. The Bertz CT molecular complexity index is 619. The first-order valence-corrected chi connectivity index (χ1v) is 13.5. The first kappa shape index (κ1) is 26.4. The largest absolute Gasteiger partial charge is 0.445 e. The fraction of sp³-hybridized carbons (Fsp3) is 0.640. The normalized spacial score (nSPS) is 13.6. The van der Waals surface area contributed by atoms with Crippen molar-refractivity contribution < 1.29 is 14.0 Å². The van der Waals surface area contributed by atoms with Crippen LogP contribution in [0.5, 0.6) is 0 Å². The van der Waals surface area contributed by atoms with Gasteiger partial charge in [0.1, 0.15) is 6.61 Å². The highest BCUT2D eigenvalue weighted by atomic mass is 28.4. The molecule has 30 heavy (non-hydrogen) atoms. The standard InChI is InChI=1S/C25H43NO3Si/c1-19(2)14-15-24(18-29-30(20(3)4,21(5)6)22(7)8)16-26-25(27)28-17-23-12-10-9-11-13-23/h9-15,19-22,24H,16-18H2,1-8H3,(H,26,27)/b15-14+/t24-/m1/s1. The molecule has 0 radical (unpaired) electrons. The summed E-state index contributed by atoms with van der Waals surface area (Å²) < 4.78 is 12.1. The summed E-state index contributed by atoms with van der Waals surface area (Å²) in [4.78, 5) is 12.2. The smallest absolute Gasteiger partial charge is 0.407 e. The van der Waals surface area contributed by atoms with Gasteiger partial charge in [-0.1, -0.05) is 97.9 Å². The molecule has 0 saturated carbocycles. The van der Waals surface area contributed by atoms with E-state index in [2.05, 4.69) is 72.9 Å². The summed E-state index contributed by atoms with van der Waals surface area (Å²) in [5.41, 5.74) is 2.59. The molecule has 0 unspecified atom stereocenters. The molecule has 0 aliphatic heterocycles. The number of hydrogen-bond acceptors (Lipinski definition) is 3. The van der Waals surface area contributed by atoms with Crippen LogP contribution in [0, 0.1) is 11.8 Å². The van der Waals surface area contributed by atoms with Crippen LogP contribution in [0.25, 0.3) is 0 Å². The lowest BCUT2D eigenvalue weighted by molar-refractivity contribution is 0.137. The highest BCUT2D eigenvalue weighted by Crippen LogP contribution is 2.42. The van der Waals surface area contributed by atoms with Crippen LogP contribution in [0.15, 0.2) is 42.5 Å². The molecular formula is C25H43NO3Si. The summed E-state index contributed by atoms with van der Waals surface area (Å²) >= 11 is 0. The summed E-state index contributed by atoms with van der Waals surface area (Å²) in [6, 6.07) is 9.72. The quantitative estimate of drug-likeness (QED) is 0.287. The van der Waals surface area contributed by atoms with Gasteiger partial charge in [-0.25, -0.2) is 4.79 Å². The second kappa shape index (κ2) is 13.0. The van der Waals surface area contributed by atoms with Crippen molar-refractivity contribution in [2.24, 2.45) is 11.8 Å². The molecule has 170 valence electrons. The lowest BCUT2D eigenvalue weighted by Crippen LogP contribution is -2.49. The zero-order chi connectivity index (χ0) is 22.7. The molecule has 0 fully saturated rings. The van der Waals surface area contributed by atoms with E-state index in [1.54, 1.807) is 0 Å². The first-order valence-electron chi connectivity index (χ1n) is 11.4. The van der Waals surface area contributed by atoms with Crippen molar-refractivity contribution in [1.82, 2.24) is 5.32 Å². The monoisotopic (exact) mass is 433 g/mol. The Labute approximate surface area is 185 Å². The van der Waals surface area contributed by atoms with Crippen LogP contribution in [0.4, 0.5) is 4.79 Å². The summed E-state index contributed by atoms with van der Waals surface area (Å²) in [5.74, 6) is 0.583. The number of benzene rings is 1. The molecule has 0 spiro atoms. The van der Waals surface area contributed by atoms with Gasteiger partial charge in [-0.05, 0) is 28.1 Å². The van der Waals surface area contributed by atoms with E-state index >= 15 is 0 Å². The van der Waals surface area contributed by atoms with Gasteiger partial charge in [0.2, 0.25) is 0 Å². The maximum Gasteiger partial charge on any atom is 0.407 e. The maximum atomic E-state index is 12.2. The van der Waals surface area contributed by atoms with Crippen LogP contribution >= 0.6 is 0 Å². The van der Waals surface area contributed by atoms with Crippen LogP contribution in [0.3, 0.4) is 0 Å². The van der Waals surface area contributed by atoms with Gasteiger partial charge in [-0.2, -0.15) is 0 Å². The van der Waals surface area contributed by atoms with E-state index in [4.69, 9.17) is 9.16 Å².